The first-order valence-corrected chi connectivity index (χ1v) is 6.92. The van der Waals surface area contributed by atoms with Gasteiger partial charge in [0, 0.05) is 15.9 Å². The van der Waals surface area contributed by atoms with E-state index < -0.39 is 0 Å². The van der Waals surface area contributed by atoms with E-state index in [1.807, 2.05) is 16.3 Å². The molecular weight excluding hydrogens is 330 g/mol. The average molecular weight is 339 g/mol. The Balaban J connectivity index is 2.06. The van der Waals surface area contributed by atoms with Crippen LogP contribution in [0.4, 0.5) is 0 Å². The lowest BCUT2D eigenvalue weighted by Crippen LogP contribution is -2.26. The summed E-state index contributed by atoms with van der Waals surface area (Å²) in [6, 6.07) is 2.02. The topological polar surface area (TPSA) is 20.3 Å². The molecule has 1 aromatic rings. The lowest BCUT2D eigenvalue weighted by Gasteiger charge is -2.14. The summed E-state index contributed by atoms with van der Waals surface area (Å²) in [5.41, 5.74) is 0. The van der Waals surface area contributed by atoms with Gasteiger partial charge in [0.15, 0.2) is 0 Å². The van der Waals surface area contributed by atoms with Gasteiger partial charge >= 0.3 is 0 Å². The summed E-state index contributed by atoms with van der Waals surface area (Å²) in [5, 5.41) is 2.03. The molecule has 0 radical (unpaired) electrons. The fourth-order valence-electron chi connectivity index (χ4n) is 1.47. The predicted octanol–water partition coefficient (Wildman–Crippen LogP) is 3.01. The number of halogens is 2. The highest BCUT2D eigenvalue weighted by Crippen LogP contribution is 2.27. The molecule has 2 heterocycles. The van der Waals surface area contributed by atoms with E-state index in [2.05, 4.69) is 31.9 Å². The van der Waals surface area contributed by atoms with E-state index >= 15 is 0 Å². The molecule has 1 aliphatic heterocycles. The lowest BCUT2D eigenvalue weighted by atomic mass is 10.4. The Kier molecular flexibility index (Phi) is 3.29. The number of amides is 1. The maximum Gasteiger partial charge on any atom is 0.236 e. The van der Waals surface area contributed by atoms with Gasteiger partial charge in [-0.2, -0.15) is 0 Å². The van der Waals surface area contributed by atoms with Crippen molar-refractivity contribution in [2.75, 3.05) is 6.54 Å². The molecule has 14 heavy (non-hydrogen) atoms. The molecule has 0 aromatic carbocycles. The van der Waals surface area contributed by atoms with Crippen LogP contribution in [0, 0.1) is 0 Å². The number of alkyl halides is 1. The number of carbonyl (C=O) groups excluding carboxylic acids is 1. The summed E-state index contributed by atoms with van der Waals surface area (Å²) in [6.07, 6.45) is 0.918. The van der Waals surface area contributed by atoms with E-state index in [-0.39, 0.29) is 10.7 Å². The van der Waals surface area contributed by atoms with Gasteiger partial charge in [-0.1, -0.05) is 15.9 Å². The maximum atomic E-state index is 11.6. The van der Waals surface area contributed by atoms with Gasteiger partial charge in [0.25, 0.3) is 0 Å². The van der Waals surface area contributed by atoms with Crippen LogP contribution in [0.2, 0.25) is 0 Å². The standard InChI is InChI=1S/C9H9Br2NOS/c10-6-2-4-14-8(6)5-12-3-1-7(11)9(12)13/h2,4,7H,1,3,5H2. The van der Waals surface area contributed by atoms with Crippen LogP contribution < -0.4 is 0 Å². The van der Waals surface area contributed by atoms with E-state index in [1.165, 1.54) is 4.88 Å². The Morgan fingerprint density at radius 3 is 2.93 bits per heavy atom. The molecule has 0 N–H and O–H groups in total. The summed E-state index contributed by atoms with van der Waals surface area (Å²) in [4.78, 5) is 14.8. The lowest BCUT2D eigenvalue weighted by molar-refractivity contribution is -0.127. The van der Waals surface area contributed by atoms with E-state index in [4.69, 9.17) is 0 Å². The molecule has 1 unspecified atom stereocenters. The van der Waals surface area contributed by atoms with Crippen LogP contribution in [-0.4, -0.2) is 22.2 Å². The quantitative estimate of drug-likeness (QED) is 0.759. The van der Waals surface area contributed by atoms with Gasteiger partial charge < -0.3 is 4.90 Å². The van der Waals surface area contributed by atoms with Gasteiger partial charge in [0.2, 0.25) is 5.91 Å². The van der Waals surface area contributed by atoms with Crippen LogP contribution in [0.5, 0.6) is 0 Å². The van der Waals surface area contributed by atoms with Crippen LogP contribution in [0.3, 0.4) is 0 Å². The summed E-state index contributed by atoms with van der Waals surface area (Å²) in [6.45, 7) is 1.60. The normalized spacial score (nSPS) is 22.0. The zero-order chi connectivity index (χ0) is 10.1. The minimum Gasteiger partial charge on any atom is -0.336 e. The molecule has 1 saturated heterocycles. The summed E-state index contributed by atoms with van der Waals surface area (Å²) >= 11 is 8.52. The van der Waals surface area contributed by atoms with Gasteiger partial charge in [0.05, 0.1) is 11.4 Å². The molecule has 0 saturated carbocycles. The molecule has 0 aliphatic carbocycles. The largest absolute Gasteiger partial charge is 0.336 e. The van der Waals surface area contributed by atoms with Crippen LogP contribution in [0.1, 0.15) is 11.3 Å². The highest BCUT2D eigenvalue weighted by atomic mass is 79.9. The van der Waals surface area contributed by atoms with Gasteiger partial charge in [-0.15, -0.1) is 11.3 Å². The second-order valence-corrected chi connectivity index (χ2v) is 6.17. The number of hydrogen-bond acceptors (Lipinski definition) is 2. The number of hydrogen-bond donors (Lipinski definition) is 0. The van der Waals surface area contributed by atoms with E-state index in [0.717, 1.165) is 24.0 Å². The first kappa shape index (κ1) is 10.6. The van der Waals surface area contributed by atoms with Crippen molar-refractivity contribution in [1.82, 2.24) is 4.90 Å². The maximum absolute atomic E-state index is 11.6. The zero-order valence-electron chi connectivity index (χ0n) is 7.37. The van der Waals surface area contributed by atoms with Crippen LogP contribution >= 0.6 is 43.2 Å². The Bertz CT molecular complexity index is 352. The van der Waals surface area contributed by atoms with Crippen molar-refractivity contribution >= 4 is 49.1 Å². The fraction of sp³-hybridized carbons (Fsp3) is 0.444. The molecule has 2 nitrogen and oxygen atoms in total. The first-order valence-electron chi connectivity index (χ1n) is 4.33. The number of nitrogens with zero attached hydrogens (tertiary/aromatic N) is 1. The highest BCUT2D eigenvalue weighted by Gasteiger charge is 2.29. The SMILES string of the molecule is O=C1C(Br)CCN1Cc1sccc1Br. The molecule has 5 heteroatoms. The molecule has 0 bridgehead atoms. The molecule has 1 amide bonds. The molecule has 1 atom stereocenters. The van der Waals surface area contributed by atoms with Crippen molar-refractivity contribution in [3.8, 4) is 0 Å². The predicted molar refractivity (Wildman–Crippen MR) is 64.8 cm³/mol. The van der Waals surface area contributed by atoms with E-state index in [1.54, 1.807) is 11.3 Å². The molecule has 0 spiro atoms. The molecule has 2 rings (SSSR count). The molecule has 1 aliphatic rings. The molecular formula is C9H9Br2NOS. The second kappa shape index (κ2) is 4.33. The second-order valence-electron chi connectivity index (χ2n) is 3.21. The average Bonchev–Trinajstić information content (AvgIpc) is 2.68. The van der Waals surface area contributed by atoms with Gasteiger partial charge in [0.1, 0.15) is 0 Å². The molecule has 1 fully saturated rings. The third kappa shape index (κ3) is 2.04. The number of likely N-dealkylation sites (tertiary alicyclic amines) is 1. The van der Waals surface area contributed by atoms with Gasteiger partial charge in [-0.25, -0.2) is 0 Å². The highest BCUT2D eigenvalue weighted by molar-refractivity contribution is 9.10. The third-order valence-corrected chi connectivity index (χ3v) is 5.02. The van der Waals surface area contributed by atoms with Crippen molar-refractivity contribution in [2.24, 2.45) is 0 Å². The van der Waals surface area contributed by atoms with E-state index in [9.17, 15) is 4.79 Å². The summed E-state index contributed by atoms with van der Waals surface area (Å²) in [7, 11) is 0. The van der Waals surface area contributed by atoms with Crippen LogP contribution in [0.15, 0.2) is 15.9 Å². The minimum absolute atomic E-state index is 0.0289. The smallest absolute Gasteiger partial charge is 0.236 e. The Hall–Kier alpha value is 0.130. The van der Waals surface area contributed by atoms with E-state index in [0.29, 0.717) is 0 Å². The number of carbonyl (C=O) groups is 1. The summed E-state index contributed by atoms with van der Waals surface area (Å²) in [5.74, 6) is 0.213. The van der Waals surface area contributed by atoms with Crippen LogP contribution in [-0.2, 0) is 11.3 Å². The van der Waals surface area contributed by atoms with Crippen LogP contribution in [0.25, 0.3) is 0 Å². The fourth-order valence-corrected chi connectivity index (χ4v) is 3.46. The van der Waals surface area contributed by atoms with Gasteiger partial charge in [-0.05, 0) is 33.8 Å². The van der Waals surface area contributed by atoms with Crippen molar-refractivity contribution in [3.63, 3.8) is 0 Å². The monoisotopic (exact) mass is 337 g/mol. The first-order chi connectivity index (χ1) is 6.68. The van der Waals surface area contributed by atoms with Gasteiger partial charge in [-0.3, -0.25) is 4.79 Å². The Labute approximate surface area is 104 Å². The summed E-state index contributed by atoms with van der Waals surface area (Å²) < 4.78 is 1.10. The van der Waals surface area contributed by atoms with Crippen molar-refractivity contribution < 1.29 is 4.79 Å². The number of rotatable bonds is 2. The number of thiophene rings is 1. The van der Waals surface area contributed by atoms with Crippen molar-refractivity contribution in [2.45, 2.75) is 17.8 Å². The third-order valence-electron chi connectivity index (χ3n) is 2.26. The Morgan fingerprint density at radius 2 is 2.43 bits per heavy atom. The van der Waals surface area contributed by atoms with Crippen molar-refractivity contribution in [3.05, 3.63) is 20.8 Å². The Morgan fingerprint density at radius 1 is 1.64 bits per heavy atom. The minimum atomic E-state index is 0.0289. The van der Waals surface area contributed by atoms with Crippen molar-refractivity contribution in [1.29, 1.82) is 0 Å². The molecule has 76 valence electrons. The molecule has 1 aromatic heterocycles. The zero-order valence-corrected chi connectivity index (χ0v) is 11.4.